The molecule has 7 heteroatoms. The topological polar surface area (TPSA) is 88.7 Å². The van der Waals surface area contributed by atoms with Gasteiger partial charge in [0.2, 0.25) is 11.8 Å². The molecule has 1 atom stereocenters. The Bertz CT molecular complexity index is 850. The number of rotatable bonds is 10. The van der Waals surface area contributed by atoms with E-state index in [1.54, 1.807) is 6.07 Å². The molecule has 1 unspecified atom stereocenters. The van der Waals surface area contributed by atoms with E-state index in [0.29, 0.717) is 30.2 Å². The molecule has 1 aliphatic rings. The molecule has 1 heterocycles. The second-order valence-corrected chi connectivity index (χ2v) is 7.22. The third-order valence-electron chi connectivity index (χ3n) is 4.69. The van der Waals surface area contributed by atoms with E-state index in [2.05, 4.69) is 16.0 Å². The molecule has 1 fully saturated rings. The van der Waals surface area contributed by atoms with Gasteiger partial charge in [-0.1, -0.05) is 25.1 Å². The van der Waals surface area contributed by atoms with E-state index in [1.165, 1.54) is 0 Å². The fourth-order valence-electron chi connectivity index (χ4n) is 3.19. The zero-order valence-corrected chi connectivity index (χ0v) is 17.3. The average molecular weight is 412 g/mol. The van der Waals surface area contributed by atoms with Gasteiger partial charge in [0, 0.05) is 24.4 Å². The van der Waals surface area contributed by atoms with E-state index < -0.39 is 0 Å². The van der Waals surface area contributed by atoms with Crippen LogP contribution in [0.25, 0.3) is 0 Å². The minimum absolute atomic E-state index is 0.0213. The van der Waals surface area contributed by atoms with Gasteiger partial charge in [-0.2, -0.15) is 0 Å². The van der Waals surface area contributed by atoms with Crippen molar-refractivity contribution in [2.24, 2.45) is 0 Å². The van der Waals surface area contributed by atoms with Crippen molar-refractivity contribution in [3.63, 3.8) is 0 Å². The lowest BCUT2D eigenvalue weighted by Crippen LogP contribution is -2.23. The lowest BCUT2D eigenvalue weighted by atomic mass is 10.2. The minimum Gasteiger partial charge on any atom is -0.489 e. The van der Waals surface area contributed by atoms with Crippen LogP contribution in [0.15, 0.2) is 48.5 Å². The SMILES string of the molecule is CCCC(=O)Nc1cccc(NCC(=O)Nc2ccccc2OCC2CCCO2)c1. The van der Waals surface area contributed by atoms with Crippen molar-refractivity contribution in [2.45, 2.75) is 38.7 Å². The molecule has 160 valence electrons. The summed E-state index contributed by atoms with van der Waals surface area (Å²) in [5.41, 5.74) is 2.08. The molecule has 2 aromatic rings. The Hall–Kier alpha value is -3.06. The van der Waals surface area contributed by atoms with Gasteiger partial charge < -0.3 is 25.4 Å². The van der Waals surface area contributed by atoms with Crippen LogP contribution < -0.4 is 20.7 Å². The minimum atomic E-state index is -0.191. The van der Waals surface area contributed by atoms with Crippen molar-refractivity contribution in [3.8, 4) is 5.75 Å². The second-order valence-electron chi connectivity index (χ2n) is 7.22. The van der Waals surface area contributed by atoms with Gasteiger partial charge in [0.05, 0.1) is 18.3 Å². The molecule has 3 rings (SSSR count). The Balaban J connectivity index is 1.50. The Morgan fingerprint density at radius 2 is 1.90 bits per heavy atom. The molecule has 0 aliphatic carbocycles. The lowest BCUT2D eigenvalue weighted by molar-refractivity contribution is -0.116. The van der Waals surface area contributed by atoms with E-state index in [1.807, 2.05) is 49.4 Å². The quantitative estimate of drug-likeness (QED) is 0.549. The Kier molecular flexibility index (Phi) is 8.09. The predicted molar refractivity (Wildman–Crippen MR) is 118 cm³/mol. The van der Waals surface area contributed by atoms with Gasteiger partial charge in [-0.15, -0.1) is 0 Å². The summed E-state index contributed by atoms with van der Waals surface area (Å²) in [4.78, 5) is 24.2. The molecular formula is C23H29N3O4. The molecule has 0 aromatic heterocycles. The highest BCUT2D eigenvalue weighted by Crippen LogP contribution is 2.25. The van der Waals surface area contributed by atoms with Gasteiger partial charge in [-0.3, -0.25) is 9.59 Å². The molecule has 0 radical (unpaired) electrons. The number of carbonyl (C=O) groups is 2. The molecule has 0 bridgehead atoms. The molecule has 0 saturated carbocycles. The summed E-state index contributed by atoms with van der Waals surface area (Å²) in [6.45, 7) is 3.30. The van der Waals surface area contributed by atoms with Crippen molar-refractivity contribution in [2.75, 3.05) is 35.7 Å². The Morgan fingerprint density at radius 3 is 2.70 bits per heavy atom. The van der Waals surface area contributed by atoms with Crippen LogP contribution in [0.4, 0.5) is 17.1 Å². The number of carbonyl (C=O) groups excluding carboxylic acids is 2. The van der Waals surface area contributed by atoms with Crippen LogP contribution in [0.3, 0.4) is 0 Å². The summed E-state index contributed by atoms with van der Waals surface area (Å²) in [5, 5.41) is 8.81. The van der Waals surface area contributed by atoms with Gasteiger partial charge in [-0.25, -0.2) is 0 Å². The van der Waals surface area contributed by atoms with Crippen molar-refractivity contribution in [1.82, 2.24) is 0 Å². The highest BCUT2D eigenvalue weighted by atomic mass is 16.5. The lowest BCUT2D eigenvalue weighted by Gasteiger charge is -2.15. The number of amides is 2. The predicted octanol–water partition coefficient (Wildman–Crippen LogP) is 4.03. The van der Waals surface area contributed by atoms with Crippen molar-refractivity contribution in [1.29, 1.82) is 0 Å². The molecule has 2 amide bonds. The van der Waals surface area contributed by atoms with Crippen LogP contribution in [0.2, 0.25) is 0 Å². The third kappa shape index (κ3) is 6.77. The fourth-order valence-corrected chi connectivity index (χ4v) is 3.19. The summed E-state index contributed by atoms with van der Waals surface area (Å²) in [5.74, 6) is 0.414. The van der Waals surface area contributed by atoms with Crippen molar-refractivity contribution >= 4 is 28.9 Å². The van der Waals surface area contributed by atoms with Gasteiger partial charge in [-0.05, 0) is 49.6 Å². The fraction of sp³-hybridized carbons (Fsp3) is 0.391. The smallest absolute Gasteiger partial charge is 0.243 e. The Labute approximate surface area is 177 Å². The van der Waals surface area contributed by atoms with Crippen LogP contribution in [0.1, 0.15) is 32.6 Å². The zero-order valence-electron chi connectivity index (χ0n) is 17.3. The first-order chi connectivity index (χ1) is 14.6. The summed E-state index contributed by atoms with van der Waals surface area (Å²) >= 11 is 0. The molecule has 0 spiro atoms. The maximum Gasteiger partial charge on any atom is 0.243 e. The first-order valence-electron chi connectivity index (χ1n) is 10.4. The molecule has 3 N–H and O–H groups in total. The van der Waals surface area contributed by atoms with E-state index in [9.17, 15) is 9.59 Å². The van der Waals surface area contributed by atoms with Crippen molar-refractivity contribution < 1.29 is 19.1 Å². The third-order valence-corrected chi connectivity index (χ3v) is 4.69. The van der Waals surface area contributed by atoms with E-state index >= 15 is 0 Å². The number of hydrogen-bond acceptors (Lipinski definition) is 5. The Morgan fingerprint density at radius 1 is 1.07 bits per heavy atom. The van der Waals surface area contributed by atoms with E-state index in [-0.39, 0.29) is 24.5 Å². The van der Waals surface area contributed by atoms with Crippen LogP contribution in [0, 0.1) is 0 Å². The van der Waals surface area contributed by atoms with Gasteiger partial charge in [0.1, 0.15) is 12.4 Å². The van der Waals surface area contributed by atoms with Crippen LogP contribution in [-0.4, -0.2) is 37.7 Å². The van der Waals surface area contributed by atoms with Crippen LogP contribution >= 0.6 is 0 Å². The molecule has 1 aliphatic heterocycles. The molecule has 2 aromatic carbocycles. The number of anilines is 3. The number of benzene rings is 2. The monoisotopic (exact) mass is 411 g/mol. The number of nitrogens with one attached hydrogen (secondary N) is 3. The summed E-state index contributed by atoms with van der Waals surface area (Å²) < 4.78 is 11.4. The highest BCUT2D eigenvalue weighted by molar-refractivity contribution is 5.95. The standard InChI is InChI=1S/C23H29N3O4/c1-2-7-22(27)25-18-9-5-8-17(14-18)24-15-23(28)26-20-11-3-4-12-21(20)30-16-19-10-6-13-29-19/h3-5,8-9,11-12,14,19,24H,2,6-7,10,13,15-16H2,1H3,(H,25,27)(H,26,28). The van der Waals surface area contributed by atoms with E-state index in [0.717, 1.165) is 31.6 Å². The first-order valence-corrected chi connectivity index (χ1v) is 10.4. The molecule has 7 nitrogen and oxygen atoms in total. The average Bonchev–Trinajstić information content (AvgIpc) is 3.26. The summed E-state index contributed by atoms with van der Waals surface area (Å²) in [6.07, 6.45) is 3.44. The van der Waals surface area contributed by atoms with Gasteiger partial charge in [0.15, 0.2) is 0 Å². The summed E-state index contributed by atoms with van der Waals surface area (Å²) in [6, 6.07) is 14.7. The van der Waals surface area contributed by atoms with E-state index in [4.69, 9.17) is 9.47 Å². The number of hydrogen-bond donors (Lipinski definition) is 3. The van der Waals surface area contributed by atoms with Gasteiger partial charge >= 0.3 is 0 Å². The first kappa shape index (κ1) is 21.6. The van der Waals surface area contributed by atoms with Crippen LogP contribution in [-0.2, 0) is 14.3 Å². The second kappa shape index (κ2) is 11.2. The normalized spacial score (nSPS) is 15.4. The maximum absolute atomic E-state index is 12.4. The van der Waals surface area contributed by atoms with Gasteiger partial charge in [0.25, 0.3) is 0 Å². The molecular weight excluding hydrogens is 382 g/mol. The largest absolute Gasteiger partial charge is 0.489 e. The van der Waals surface area contributed by atoms with Crippen molar-refractivity contribution in [3.05, 3.63) is 48.5 Å². The molecule has 30 heavy (non-hydrogen) atoms. The summed E-state index contributed by atoms with van der Waals surface area (Å²) in [7, 11) is 0. The number of ether oxygens (including phenoxy) is 2. The maximum atomic E-state index is 12.4. The highest BCUT2D eigenvalue weighted by Gasteiger charge is 2.17. The number of para-hydroxylation sites is 2. The molecule has 1 saturated heterocycles. The van der Waals surface area contributed by atoms with Crippen LogP contribution in [0.5, 0.6) is 5.75 Å². The zero-order chi connectivity index (χ0) is 21.2.